The topological polar surface area (TPSA) is 29.9 Å². The summed E-state index contributed by atoms with van der Waals surface area (Å²) in [6.45, 7) is 7.68. The average Bonchev–Trinajstić information content (AvgIpc) is 3.01. The van der Waals surface area contributed by atoms with E-state index in [2.05, 4.69) is 55.5 Å². The fraction of sp³-hybridized carbons (Fsp3) is 0.500. The first-order chi connectivity index (χ1) is 10.2. The molecular weight excluding hydrogens is 258 g/mol. The number of rotatable bonds is 8. The van der Waals surface area contributed by atoms with E-state index in [0.717, 1.165) is 12.5 Å². The summed E-state index contributed by atoms with van der Waals surface area (Å²) in [5, 5.41) is 7.90. The first kappa shape index (κ1) is 15.6. The Hall–Kier alpha value is -1.77. The summed E-state index contributed by atoms with van der Waals surface area (Å²) in [7, 11) is 0. The van der Waals surface area contributed by atoms with Gasteiger partial charge in [0.05, 0.1) is 6.54 Å². The van der Waals surface area contributed by atoms with Crippen LogP contribution in [0.25, 0.3) is 0 Å². The Bertz CT molecular complexity index is 502. The first-order valence-electron chi connectivity index (χ1n) is 8.04. The van der Waals surface area contributed by atoms with E-state index in [0.29, 0.717) is 6.04 Å². The van der Waals surface area contributed by atoms with Crippen LogP contribution in [0.2, 0.25) is 0 Å². The molecule has 0 amide bonds. The molecule has 1 aromatic carbocycles. The molecule has 0 radical (unpaired) electrons. The van der Waals surface area contributed by atoms with Crippen LogP contribution in [-0.2, 0) is 6.54 Å². The fourth-order valence-electron chi connectivity index (χ4n) is 2.50. The third-order valence-electron chi connectivity index (χ3n) is 4.11. The largest absolute Gasteiger partial charge is 0.382 e. The molecule has 2 aromatic rings. The van der Waals surface area contributed by atoms with Gasteiger partial charge in [-0.2, -0.15) is 5.10 Å². The predicted molar refractivity (Wildman–Crippen MR) is 89.5 cm³/mol. The monoisotopic (exact) mass is 285 g/mol. The molecular formula is C18H27N3. The van der Waals surface area contributed by atoms with Crippen LogP contribution in [0.15, 0.2) is 42.7 Å². The van der Waals surface area contributed by atoms with Crippen molar-refractivity contribution in [1.29, 1.82) is 0 Å². The van der Waals surface area contributed by atoms with Crippen molar-refractivity contribution < 1.29 is 0 Å². The Kier molecular flexibility index (Phi) is 5.85. The summed E-state index contributed by atoms with van der Waals surface area (Å²) in [5.41, 5.74) is 2.49. The molecule has 0 aliphatic carbocycles. The molecule has 3 heteroatoms. The summed E-state index contributed by atoms with van der Waals surface area (Å²) in [6.07, 6.45) is 7.46. The van der Waals surface area contributed by atoms with Crippen molar-refractivity contribution >= 4 is 5.69 Å². The van der Waals surface area contributed by atoms with E-state index >= 15 is 0 Å². The van der Waals surface area contributed by atoms with Crippen molar-refractivity contribution in [3.05, 3.63) is 48.3 Å². The maximum Gasteiger partial charge on any atom is 0.0659 e. The van der Waals surface area contributed by atoms with Crippen LogP contribution in [0.1, 0.15) is 45.6 Å². The van der Waals surface area contributed by atoms with Crippen LogP contribution < -0.4 is 5.32 Å². The van der Waals surface area contributed by atoms with E-state index in [1.54, 1.807) is 0 Å². The van der Waals surface area contributed by atoms with E-state index < -0.39 is 0 Å². The standard InChI is InChI=1S/C18H27N3/c1-4-15(3)13-17(5-2)20-18-9-7-16(8-10-18)14-21-12-6-11-19-21/h6-12,15,17,20H,4-5,13-14H2,1-3H3. The van der Waals surface area contributed by atoms with E-state index in [4.69, 9.17) is 0 Å². The van der Waals surface area contributed by atoms with Gasteiger partial charge in [0.15, 0.2) is 0 Å². The average molecular weight is 285 g/mol. The summed E-state index contributed by atoms with van der Waals surface area (Å²) in [6, 6.07) is 11.2. The summed E-state index contributed by atoms with van der Waals surface area (Å²) in [5.74, 6) is 0.779. The predicted octanol–water partition coefficient (Wildman–Crippen LogP) is 4.56. The molecule has 0 saturated carbocycles. The smallest absolute Gasteiger partial charge is 0.0659 e. The van der Waals surface area contributed by atoms with Gasteiger partial charge < -0.3 is 5.32 Å². The number of aromatic nitrogens is 2. The molecule has 2 unspecified atom stereocenters. The minimum Gasteiger partial charge on any atom is -0.382 e. The fourth-order valence-corrected chi connectivity index (χ4v) is 2.50. The van der Waals surface area contributed by atoms with E-state index in [1.165, 1.54) is 30.5 Å². The van der Waals surface area contributed by atoms with Gasteiger partial charge in [0.25, 0.3) is 0 Å². The van der Waals surface area contributed by atoms with Crippen molar-refractivity contribution in [2.24, 2.45) is 5.92 Å². The molecule has 3 nitrogen and oxygen atoms in total. The Morgan fingerprint density at radius 2 is 1.90 bits per heavy atom. The van der Waals surface area contributed by atoms with Crippen molar-refractivity contribution in [2.75, 3.05) is 5.32 Å². The van der Waals surface area contributed by atoms with Gasteiger partial charge in [-0.3, -0.25) is 4.68 Å². The number of hydrogen-bond acceptors (Lipinski definition) is 2. The van der Waals surface area contributed by atoms with E-state index in [1.807, 2.05) is 23.1 Å². The van der Waals surface area contributed by atoms with Crippen LogP contribution in [0.5, 0.6) is 0 Å². The number of nitrogens with one attached hydrogen (secondary N) is 1. The highest BCUT2D eigenvalue weighted by atomic mass is 15.3. The lowest BCUT2D eigenvalue weighted by atomic mass is 9.97. The van der Waals surface area contributed by atoms with Gasteiger partial charge in [-0.1, -0.05) is 39.3 Å². The van der Waals surface area contributed by atoms with Crippen LogP contribution in [0.3, 0.4) is 0 Å². The van der Waals surface area contributed by atoms with Crippen LogP contribution in [-0.4, -0.2) is 15.8 Å². The van der Waals surface area contributed by atoms with Crippen LogP contribution in [0, 0.1) is 5.92 Å². The zero-order valence-corrected chi connectivity index (χ0v) is 13.4. The van der Waals surface area contributed by atoms with Gasteiger partial charge in [0.1, 0.15) is 0 Å². The molecule has 0 aliphatic rings. The highest BCUT2D eigenvalue weighted by Crippen LogP contribution is 2.18. The van der Waals surface area contributed by atoms with Crippen molar-refractivity contribution in [3.63, 3.8) is 0 Å². The van der Waals surface area contributed by atoms with Gasteiger partial charge in [-0.25, -0.2) is 0 Å². The van der Waals surface area contributed by atoms with E-state index in [-0.39, 0.29) is 0 Å². The number of benzene rings is 1. The molecule has 1 aromatic heterocycles. The second-order valence-electron chi connectivity index (χ2n) is 5.90. The third-order valence-corrected chi connectivity index (χ3v) is 4.11. The van der Waals surface area contributed by atoms with Crippen molar-refractivity contribution in [3.8, 4) is 0 Å². The Balaban J connectivity index is 1.91. The van der Waals surface area contributed by atoms with Crippen molar-refractivity contribution in [1.82, 2.24) is 9.78 Å². The highest BCUT2D eigenvalue weighted by molar-refractivity contribution is 5.45. The summed E-state index contributed by atoms with van der Waals surface area (Å²) < 4.78 is 1.94. The molecule has 0 aliphatic heterocycles. The maximum absolute atomic E-state index is 4.24. The SMILES string of the molecule is CCC(C)CC(CC)Nc1ccc(Cn2cccn2)cc1. The Morgan fingerprint density at radius 1 is 1.14 bits per heavy atom. The summed E-state index contributed by atoms with van der Waals surface area (Å²) >= 11 is 0. The number of hydrogen-bond donors (Lipinski definition) is 1. The molecule has 21 heavy (non-hydrogen) atoms. The van der Waals surface area contributed by atoms with Gasteiger partial charge in [0, 0.05) is 24.1 Å². The van der Waals surface area contributed by atoms with Crippen molar-refractivity contribution in [2.45, 2.75) is 52.6 Å². The molecule has 0 bridgehead atoms. The lowest BCUT2D eigenvalue weighted by Crippen LogP contribution is -2.21. The quantitative estimate of drug-likeness (QED) is 0.770. The molecule has 2 rings (SSSR count). The maximum atomic E-state index is 4.24. The van der Waals surface area contributed by atoms with Gasteiger partial charge in [0.2, 0.25) is 0 Å². The summed E-state index contributed by atoms with van der Waals surface area (Å²) in [4.78, 5) is 0. The molecule has 0 spiro atoms. The van der Waals surface area contributed by atoms with Gasteiger partial charge >= 0.3 is 0 Å². The number of nitrogens with zero attached hydrogens (tertiary/aromatic N) is 2. The number of anilines is 1. The molecule has 1 N–H and O–H groups in total. The second-order valence-corrected chi connectivity index (χ2v) is 5.90. The molecule has 114 valence electrons. The Labute approximate surface area is 128 Å². The van der Waals surface area contributed by atoms with Crippen LogP contribution >= 0.6 is 0 Å². The van der Waals surface area contributed by atoms with Crippen LogP contribution in [0.4, 0.5) is 5.69 Å². The van der Waals surface area contributed by atoms with E-state index in [9.17, 15) is 0 Å². The normalized spacial score (nSPS) is 13.9. The lowest BCUT2D eigenvalue weighted by molar-refractivity contribution is 0.462. The zero-order valence-electron chi connectivity index (χ0n) is 13.4. The molecule has 1 heterocycles. The minimum absolute atomic E-state index is 0.567. The molecule has 0 fully saturated rings. The zero-order chi connectivity index (χ0) is 15.1. The first-order valence-corrected chi connectivity index (χ1v) is 8.04. The Morgan fingerprint density at radius 3 is 2.48 bits per heavy atom. The third kappa shape index (κ3) is 4.92. The van der Waals surface area contributed by atoms with Gasteiger partial charge in [-0.15, -0.1) is 0 Å². The highest BCUT2D eigenvalue weighted by Gasteiger charge is 2.10. The van der Waals surface area contributed by atoms with Gasteiger partial charge in [-0.05, 0) is 42.5 Å². The molecule has 2 atom stereocenters. The lowest BCUT2D eigenvalue weighted by Gasteiger charge is -2.21. The minimum atomic E-state index is 0.567. The molecule has 0 saturated heterocycles. The second kappa shape index (κ2) is 7.87.